The number of carbonyl (C=O) groups excluding carboxylic acids is 1. The Morgan fingerprint density at radius 3 is 2.55 bits per heavy atom. The number of hydrogen-bond acceptors (Lipinski definition) is 4. The van der Waals surface area contributed by atoms with Crippen LogP contribution in [0.1, 0.15) is 48.2 Å². The van der Waals surface area contributed by atoms with Gasteiger partial charge in [0.25, 0.3) is 5.91 Å². The van der Waals surface area contributed by atoms with E-state index in [4.69, 9.17) is 23.2 Å². The van der Waals surface area contributed by atoms with Gasteiger partial charge in [0, 0.05) is 17.8 Å². The highest BCUT2D eigenvalue weighted by Crippen LogP contribution is 2.32. The predicted molar refractivity (Wildman–Crippen MR) is 106 cm³/mol. The number of anilines is 2. The molecule has 5 nitrogen and oxygen atoms in total. The monoisotopic (exact) mass is 446 g/mol. The molecule has 1 saturated carbocycles. The SMILES string of the molecule is O=C(NCC1CCCCC1)c1cnc(Nc2ccc(Cl)cc2Cl)nc1C(F)(F)F. The van der Waals surface area contributed by atoms with E-state index in [1.165, 1.54) is 18.2 Å². The van der Waals surface area contributed by atoms with Gasteiger partial charge < -0.3 is 10.6 Å². The second kappa shape index (κ2) is 9.17. The van der Waals surface area contributed by atoms with Crippen molar-refractivity contribution in [2.24, 2.45) is 5.92 Å². The molecule has 2 aromatic rings. The Morgan fingerprint density at radius 1 is 1.17 bits per heavy atom. The number of rotatable bonds is 5. The lowest BCUT2D eigenvalue weighted by Crippen LogP contribution is -2.32. The van der Waals surface area contributed by atoms with Crippen LogP contribution >= 0.6 is 23.2 Å². The Labute approximate surface area is 176 Å². The summed E-state index contributed by atoms with van der Waals surface area (Å²) >= 11 is 11.8. The van der Waals surface area contributed by atoms with Crippen LogP contribution in [-0.4, -0.2) is 22.4 Å². The van der Waals surface area contributed by atoms with Crippen molar-refractivity contribution in [3.8, 4) is 0 Å². The lowest BCUT2D eigenvalue weighted by atomic mass is 9.89. The molecule has 1 aliphatic carbocycles. The number of hydrogen-bond donors (Lipinski definition) is 2. The summed E-state index contributed by atoms with van der Waals surface area (Å²) in [6.07, 6.45) is 1.29. The molecule has 0 unspecified atom stereocenters. The first-order chi connectivity index (χ1) is 13.7. The fourth-order valence-electron chi connectivity index (χ4n) is 3.26. The minimum atomic E-state index is -4.82. The number of nitrogens with one attached hydrogen (secondary N) is 2. The average Bonchev–Trinajstić information content (AvgIpc) is 2.68. The Morgan fingerprint density at radius 2 is 1.90 bits per heavy atom. The average molecular weight is 447 g/mol. The molecule has 1 aromatic heterocycles. The molecule has 0 bridgehead atoms. The second-order valence-electron chi connectivity index (χ2n) is 6.92. The fraction of sp³-hybridized carbons (Fsp3) is 0.421. The van der Waals surface area contributed by atoms with Crippen LogP contribution in [0.25, 0.3) is 0 Å². The number of amides is 1. The first-order valence-corrected chi connectivity index (χ1v) is 9.94. The standard InChI is InChI=1S/C19H19Cl2F3N4O/c20-12-6-7-15(14(21)8-12)27-18-26-10-13(16(28-18)19(22,23)24)17(29)25-9-11-4-2-1-3-5-11/h6-8,10-11H,1-5,9H2,(H,25,29)(H,26,27,28). The lowest BCUT2D eigenvalue weighted by Gasteiger charge is -2.22. The van der Waals surface area contributed by atoms with E-state index < -0.39 is 23.3 Å². The molecule has 0 atom stereocenters. The van der Waals surface area contributed by atoms with Crippen LogP contribution in [0.3, 0.4) is 0 Å². The molecule has 1 aliphatic rings. The number of nitrogens with zero attached hydrogens (tertiary/aromatic N) is 2. The van der Waals surface area contributed by atoms with Gasteiger partial charge in [-0.05, 0) is 37.0 Å². The van der Waals surface area contributed by atoms with E-state index in [2.05, 4.69) is 20.6 Å². The minimum Gasteiger partial charge on any atom is -0.352 e. The molecule has 3 rings (SSSR count). The van der Waals surface area contributed by atoms with Crippen LogP contribution in [0.15, 0.2) is 24.4 Å². The molecule has 0 aliphatic heterocycles. The maximum atomic E-state index is 13.5. The highest BCUT2D eigenvalue weighted by molar-refractivity contribution is 6.36. The van der Waals surface area contributed by atoms with Crippen molar-refractivity contribution < 1.29 is 18.0 Å². The highest BCUT2D eigenvalue weighted by atomic mass is 35.5. The fourth-order valence-corrected chi connectivity index (χ4v) is 3.71. The van der Waals surface area contributed by atoms with Gasteiger partial charge in [-0.25, -0.2) is 9.97 Å². The van der Waals surface area contributed by atoms with Crippen molar-refractivity contribution in [3.05, 3.63) is 45.7 Å². The summed E-state index contributed by atoms with van der Waals surface area (Å²) in [6.45, 7) is 0.344. The molecule has 10 heteroatoms. The summed E-state index contributed by atoms with van der Waals surface area (Å²) < 4.78 is 40.5. The molecule has 0 saturated heterocycles. The quantitative estimate of drug-likeness (QED) is 0.603. The van der Waals surface area contributed by atoms with Crippen molar-refractivity contribution in [1.82, 2.24) is 15.3 Å². The van der Waals surface area contributed by atoms with E-state index in [-0.39, 0.29) is 16.9 Å². The van der Waals surface area contributed by atoms with Gasteiger partial charge in [-0.2, -0.15) is 13.2 Å². The largest absolute Gasteiger partial charge is 0.434 e. The summed E-state index contributed by atoms with van der Waals surface area (Å²) in [5.74, 6) is -0.875. The van der Waals surface area contributed by atoms with Crippen LogP contribution in [0.5, 0.6) is 0 Å². The molecule has 1 aromatic carbocycles. The molecule has 1 heterocycles. The van der Waals surface area contributed by atoms with Gasteiger partial charge in [-0.3, -0.25) is 4.79 Å². The molecular weight excluding hydrogens is 428 g/mol. The Bertz CT molecular complexity index is 886. The molecule has 156 valence electrons. The van der Waals surface area contributed by atoms with Crippen LogP contribution < -0.4 is 10.6 Å². The van der Waals surface area contributed by atoms with Gasteiger partial charge in [-0.15, -0.1) is 0 Å². The Kier molecular flexibility index (Phi) is 6.85. The predicted octanol–water partition coefficient (Wildman–Crippen LogP) is 5.86. The summed E-state index contributed by atoms with van der Waals surface area (Å²) in [5, 5.41) is 5.78. The van der Waals surface area contributed by atoms with E-state index in [9.17, 15) is 18.0 Å². The zero-order valence-electron chi connectivity index (χ0n) is 15.3. The molecule has 1 fully saturated rings. The molecular formula is C19H19Cl2F3N4O. The first kappa shape index (κ1) is 21.6. The normalized spacial score (nSPS) is 15.2. The highest BCUT2D eigenvalue weighted by Gasteiger charge is 2.38. The summed E-state index contributed by atoms with van der Waals surface area (Å²) in [7, 11) is 0. The third-order valence-electron chi connectivity index (χ3n) is 4.76. The van der Waals surface area contributed by atoms with E-state index in [0.29, 0.717) is 17.3 Å². The summed E-state index contributed by atoms with van der Waals surface area (Å²) in [5.41, 5.74) is -1.62. The van der Waals surface area contributed by atoms with Crippen LogP contribution in [0.2, 0.25) is 10.0 Å². The topological polar surface area (TPSA) is 66.9 Å². The van der Waals surface area contributed by atoms with Gasteiger partial charge in [0.2, 0.25) is 5.95 Å². The number of benzene rings is 1. The number of halogens is 5. The summed E-state index contributed by atoms with van der Waals surface area (Å²) in [6, 6.07) is 4.45. The van der Waals surface area contributed by atoms with Crippen molar-refractivity contribution >= 4 is 40.7 Å². The molecule has 1 amide bonds. The maximum absolute atomic E-state index is 13.5. The Hall–Kier alpha value is -2.06. The van der Waals surface area contributed by atoms with E-state index in [1.54, 1.807) is 0 Å². The first-order valence-electron chi connectivity index (χ1n) is 9.18. The van der Waals surface area contributed by atoms with E-state index in [0.717, 1.165) is 38.3 Å². The molecule has 2 N–H and O–H groups in total. The van der Waals surface area contributed by atoms with Gasteiger partial charge in [0.15, 0.2) is 5.69 Å². The molecule has 0 spiro atoms. The van der Waals surface area contributed by atoms with Crippen LogP contribution in [0, 0.1) is 5.92 Å². The second-order valence-corrected chi connectivity index (χ2v) is 7.76. The zero-order chi connectivity index (χ0) is 21.0. The third-order valence-corrected chi connectivity index (χ3v) is 5.30. The number of carbonyl (C=O) groups is 1. The van der Waals surface area contributed by atoms with Crippen molar-refractivity contribution in [3.63, 3.8) is 0 Å². The van der Waals surface area contributed by atoms with Crippen molar-refractivity contribution in [1.29, 1.82) is 0 Å². The number of aromatic nitrogens is 2. The smallest absolute Gasteiger partial charge is 0.352 e. The van der Waals surface area contributed by atoms with E-state index >= 15 is 0 Å². The van der Waals surface area contributed by atoms with Gasteiger partial charge in [0.1, 0.15) is 0 Å². The third kappa shape index (κ3) is 5.73. The van der Waals surface area contributed by atoms with Crippen molar-refractivity contribution in [2.75, 3.05) is 11.9 Å². The number of alkyl halides is 3. The maximum Gasteiger partial charge on any atom is 0.434 e. The Balaban J connectivity index is 1.79. The molecule has 0 radical (unpaired) electrons. The van der Waals surface area contributed by atoms with Gasteiger partial charge in [0.05, 0.1) is 16.3 Å². The van der Waals surface area contributed by atoms with E-state index in [1.807, 2.05) is 0 Å². The van der Waals surface area contributed by atoms with Gasteiger partial charge in [-0.1, -0.05) is 42.5 Å². The van der Waals surface area contributed by atoms with Crippen LogP contribution in [-0.2, 0) is 6.18 Å². The molecule has 29 heavy (non-hydrogen) atoms. The summed E-state index contributed by atoms with van der Waals surface area (Å²) in [4.78, 5) is 19.7. The lowest BCUT2D eigenvalue weighted by molar-refractivity contribution is -0.141. The zero-order valence-corrected chi connectivity index (χ0v) is 16.8. The van der Waals surface area contributed by atoms with Gasteiger partial charge >= 0.3 is 6.18 Å². The van der Waals surface area contributed by atoms with Crippen LogP contribution in [0.4, 0.5) is 24.8 Å². The minimum absolute atomic E-state index is 0.198. The van der Waals surface area contributed by atoms with Crippen molar-refractivity contribution in [2.45, 2.75) is 38.3 Å².